The van der Waals surface area contributed by atoms with Crippen molar-refractivity contribution in [2.75, 3.05) is 0 Å². The predicted molar refractivity (Wildman–Crippen MR) is 99.1 cm³/mol. The van der Waals surface area contributed by atoms with E-state index in [1.807, 2.05) is 0 Å². The number of H-pyrrole nitrogens is 1. The quantitative estimate of drug-likeness (QED) is 0.347. The molecule has 5 rings (SSSR count). The van der Waals surface area contributed by atoms with Gasteiger partial charge in [0, 0.05) is 16.3 Å². The molecule has 0 aliphatic heterocycles. The molecule has 0 bridgehead atoms. The van der Waals surface area contributed by atoms with Crippen molar-refractivity contribution in [1.29, 1.82) is 0 Å². The predicted octanol–water partition coefficient (Wildman–Crippen LogP) is 0.174. The summed E-state index contributed by atoms with van der Waals surface area (Å²) in [6.07, 6.45) is 0. The van der Waals surface area contributed by atoms with Crippen LogP contribution in [-0.4, -0.2) is 4.98 Å². The van der Waals surface area contributed by atoms with Crippen molar-refractivity contribution in [3.05, 3.63) is 78.4 Å². The Bertz CT molecular complexity index is 1190. The summed E-state index contributed by atoms with van der Waals surface area (Å²) in [5.74, 6) is 0. The van der Waals surface area contributed by atoms with Gasteiger partial charge in [0.1, 0.15) is 0 Å². The molecule has 0 saturated carbocycles. The Morgan fingerprint density at radius 1 is 0.731 bits per heavy atom. The van der Waals surface area contributed by atoms with Crippen molar-refractivity contribution in [1.82, 2.24) is 4.98 Å². The fraction of sp³-hybridized carbons (Fsp3) is 0.0455. The van der Waals surface area contributed by atoms with E-state index in [4.69, 9.17) is 0 Å². The normalized spacial score (nSPS) is 10.3. The summed E-state index contributed by atoms with van der Waals surface area (Å²) in [4.78, 5) is 3.62. The minimum atomic E-state index is 0. The van der Waals surface area contributed by atoms with Gasteiger partial charge in [-0.3, -0.25) is 0 Å². The zero-order valence-corrected chi connectivity index (χ0v) is 18.2. The minimum Gasteiger partial charge on any atom is -1.00 e. The van der Waals surface area contributed by atoms with Crippen LogP contribution in [0.5, 0.6) is 0 Å². The first kappa shape index (κ1) is 20.8. The van der Waals surface area contributed by atoms with Crippen LogP contribution in [0.25, 0.3) is 43.7 Å². The third kappa shape index (κ3) is 3.16. The molecule has 5 aromatic rings. The van der Waals surface area contributed by atoms with Crippen molar-refractivity contribution in [3.8, 4) is 11.1 Å². The number of hydrogen-bond donors (Lipinski definition) is 1. The Labute approximate surface area is 184 Å². The molecule has 1 aromatic heterocycles. The Hall–Kier alpha value is -1.47. The van der Waals surface area contributed by atoms with Gasteiger partial charge >= 0.3 is 26.2 Å². The molecule has 1 radical (unpaired) electrons. The van der Waals surface area contributed by atoms with Crippen molar-refractivity contribution in [2.24, 2.45) is 0 Å². The molecule has 127 valence electrons. The maximum absolute atomic E-state index is 3.62. The average molecular weight is 457 g/mol. The largest absolute Gasteiger partial charge is 3.00 e. The number of benzene rings is 3. The number of aryl methyl sites for hydroxylation is 1. The first-order valence-electron chi connectivity index (χ1n) is 7.97. The maximum Gasteiger partial charge on any atom is 3.00 e. The van der Waals surface area contributed by atoms with Crippen LogP contribution in [0.15, 0.2) is 72.8 Å². The molecule has 0 fully saturated rings. The van der Waals surface area contributed by atoms with Gasteiger partial charge in [0.2, 0.25) is 0 Å². The van der Waals surface area contributed by atoms with Gasteiger partial charge in [-0.1, -0.05) is 55.0 Å². The van der Waals surface area contributed by atoms with Crippen LogP contribution in [0.2, 0.25) is 0 Å². The van der Waals surface area contributed by atoms with Gasteiger partial charge in [-0.05, 0) is 11.6 Å². The first-order chi connectivity index (χ1) is 11.3. The molecule has 4 aromatic carbocycles. The zero-order chi connectivity index (χ0) is 15.4. The molecular formula is C22H16Cl2NZr. The number of aromatic amines is 1. The summed E-state index contributed by atoms with van der Waals surface area (Å²) < 4.78 is 0. The molecule has 0 spiro atoms. The van der Waals surface area contributed by atoms with Crippen LogP contribution in [0, 0.1) is 6.92 Å². The number of para-hydroxylation sites is 2. The van der Waals surface area contributed by atoms with E-state index >= 15 is 0 Å². The summed E-state index contributed by atoms with van der Waals surface area (Å²) in [7, 11) is 0. The Balaban J connectivity index is 0.000000810. The van der Waals surface area contributed by atoms with Gasteiger partial charge in [-0.15, -0.1) is 34.5 Å². The minimum absolute atomic E-state index is 0. The number of nitrogens with one attached hydrogen (secondary N) is 1. The molecule has 1 nitrogen and oxygen atoms in total. The molecule has 0 amide bonds. The van der Waals surface area contributed by atoms with Crippen molar-refractivity contribution in [2.45, 2.75) is 6.92 Å². The van der Waals surface area contributed by atoms with Gasteiger partial charge in [0.15, 0.2) is 0 Å². The summed E-state index contributed by atoms with van der Waals surface area (Å²) in [6, 6.07) is 26.2. The van der Waals surface area contributed by atoms with E-state index in [-0.39, 0.29) is 51.0 Å². The van der Waals surface area contributed by atoms with E-state index in [9.17, 15) is 0 Å². The molecule has 1 N–H and O–H groups in total. The van der Waals surface area contributed by atoms with Crippen LogP contribution >= 0.6 is 0 Å². The van der Waals surface area contributed by atoms with E-state index in [2.05, 4.69) is 84.7 Å². The van der Waals surface area contributed by atoms with Crippen LogP contribution in [0.1, 0.15) is 5.56 Å². The monoisotopic (exact) mass is 454 g/mol. The standard InChI is InChI=1S/C22H16N.2ClH.Zr/c1-14-12-15-6-4-8-16(20(15)13-14)18-9-5-10-19-17-7-2-3-11-21(17)23-22(18)19;;;/h2-13,23H,1H3;2*1H;/q-1;;;+3/p-2. The number of aromatic nitrogens is 1. The molecule has 26 heavy (non-hydrogen) atoms. The van der Waals surface area contributed by atoms with E-state index in [0.29, 0.717) is 0 Å². The summed E-state index contributed by atoms with van der Waals surface area (Å²) in [5.41, 5.74) is 6.31. The SMILES string of the molecule is Cc1cc2c(-c3cccc4c3[nH]c3ccccc34)cccc2[cH-]1.[Cl-].[Cl-].[Zr+3]. The maximum atomic E-state index is 3.62. The van der Waals surface area contributed by atoms with Crippen molar-refractivity contribution in [3.63, 3.8) is 0 Å². The molecule has 0 aliphatic rings. The second-order valence-electron chi connectivity index (χ2n) is 6.24. The van der Waals surface area contributed by atoms with E-state index in [1.165, 1.54) is 49.3 Å². The van der Waals surface area contributed by atoms with Crippen LogP contribution in [0.4, 0.5) is 0 Å². The number of fused-ring (bicyclic) bond motifs is 4. The summed E-state index contributed by atoms with van der Waals surface area (Å²) in [6.45, 7) is 2.16. The van der Waals surface area contributed by atoms with Crippen molar-refractivity contribution >= 4 is 32.6 Å². The second kappa shape index (κ2) is 8.05. The molecule has 0 atom stereocenters. The van der Waals surface area contributed by atoms with Gasteiger partial charge in [0.25, 0.3) is 0 Å². The van der Waals surface area contributed by atoms with E-state index < -0.39 is 0 Å². The second-order valence-corrected chi connectivity index (χ2v) is 6.24. The van der Waals surface area contributed by atoms with Gasteiger partial charge < -0.3 is 29.8 Å². The molecule has 0 unspecified atom stereocenters. The fourth-order valence-corrected chi connectivity index (χ4v) is 3.72. The Morgan fingerprint density at radius 3 is 2.27 bits per heavy atom. The van der Waals surface area contributed by atoms with Crippen LogP contribution in [0.3, 0.4) is 0 Å². The summed E-state index contributed by atoms with van der Waals surface area (Å²) >= 11 is 0. The van der Waals surface area contributed by atoms with Gasteiger partial charge in [-0.25, -0.2) is 0 Å². The van der Waals surface area contributed by atoms with E-state index in [0.717, 1.165) is 0 Å². The topological polar surface area (TPSA) is 15.8 Å². The smallest absolute Gasteiger partial charge is 1.00 e. The first-order valence-corrected chi connectivity index (χ1v) is 7.97. The van der Waals surface area contributed by atoms with Crippen LogP contribution in [-0.2, 0) is 26.2 Å². The molecule has 0 saturated heterocycles. The number of rotatable bonds is 1. The zero-order valence-electron chi connectivity index (χ0n) is 14.2. The molecule has 0 aliphatic carbocycles. The Morgan fingerprint density at radius 2 is 1.42 bits per heavy atom. The fourth-order valence-electron chi connectivity index (χ4n) is 3.72. The summed E-state index contributed by atoms with van der Waals surface area (Å²) in [5, 5.41) is 5.22. The number of halogens is 2. The van der Waals surface area contributed by atoms with Crippen LogP contribution < -0.4 is 24.8 Å². The molecular weight excluding hydrogens is 440 g/mol. The number of hydrogen-bond acceptors (Lipinski definition) is 0. The van der Waals surface area contributed by atoms with Gasteiger partial charge in [-0.2, -0.15) is 6.07 Å². The third-order valence-corrected chi connectivity index (χ3v) is 4.73. The van der Waals surface area contributed by atoms with E-state index in [1.54, 1.807) is 0 Å². The molecule has 1 heterocycles. The third-order valence-electron chi connectivity index (χ3n) is 4.73. The van der Waals surface area contributed by atoms with Crippen molar-refractivity contribution < 1.29 is 51.0 Å². The van der Waals surface area contributed by atoms with Gasteiger partial charge in [0.05, 0.1) is 5.52 Å². The molecule has 4 heteroatoms. The average Bonchev–Trinajstić information content (AvgIpc) is 3.13. The Kier molecular flexibility index (Phi) is 6.45.